The Morgan fingerprint density at radius 2 is 2.05 bits per heavy atom. The number of anilines is 2. The van der Waals surface area contributed by atoms with Crippen LogP contribution in [-0.4, -0.2) is 21.5 Å². The fourth-order valence-electron chi connectivity index (χ4n) is 2.02. The van der Waals surface area contributed by atoms with E-state index in [9.17, 15) is 0 Å². The summed E-state index contributed by atoms with van der Waals surface area (Å²) in [7, 11) is 0. The molecule has 0 saturated heterocycles. The molecule has 0 saturated carbocycles. The van der Waals surface area contributed by atoms with Crippen LogP contribution >= 0.6 is 11.3 Å². The van der Waals surface area contributed by atoms with Crippen molar-refractivity contribution in [2.24, 2.45) is 0 Å². The third-order valence-corrected chi connectivity index (χ3v) is 3.90. The minimum atomic E-state index is 0.664. The first-order valence-electron chi connectivity index (χ1n) is 6.91. The molecule has 3 heterocycles. The van der Waals surface area contributed by atoms with Crippen molar-refractivity contribution in [3.05, 3.63) is 41.0 Å². The summed E-state index contributed by atoms with van der Waals surface area (Å²) < 4.78 is 0. The standard InChI is InChI=1S/C15H17N5S/c1-3-16-15-19-13(12-6-7-21-14(12)20-15)18-9-11-5-4-10(2)17-8-11/h4-8H,3,9H2,1-2H3,(H2,16,18,19,20). The van der Waals surface area contributed by atoms with E-state index in [1.165, 1.54) is 0 Å². The summed E-state index contributed by atoms with van der Waals surface area (Å²) in [6.07, 6.45) is 1.89. The van der Waals surface area contributed by atoms with Crippen molar-refractivity contribution in [2.45, 2.75) is 20.4 Å². The zero-order valence-corrected chi connectivity index (χ0v) is 12.9. The van der Waals surface area contributed by atoms with Crippen LogP contribution in [-0.2, 0) is 6.54 Å². The van der Waals surface area contributed by atoms with Gasteiger partial charge in [0.25, 0.3) is 0 Å². The largest absolute Gasteiger partial charge is 0.365 e. The second-order valence-corrected chi connectivity index (χ2v) is 5.62. The Hall–Kier alpha value is -2.21. The molecule has 0 unspecified atom stereocenters. The van der Waals surface area contributed by atoms with E-state index in [1.807, 2.05) is 37.6 Å². The van der Waals surface area contributed by atoms with Gasteiger partial charge in [0.15, 0.2) is 0 Å². The number of rotatable bonds is 5. The number of hydrogen-bond donors (Lipinski definition) is 2. The van der Waals surface area contributed by atoms with Gasteiger partial charge >= 0.3 is 0 Å². The van der Waals surface area contributed by atoms with Crippen molar-refractivity contribution in [1.29, 1.82) is 0 Å². The van der Waals surface area contributed by atoms with Gasteiger partial charge in [0.2, 0.25) is 5.95 Å². The van der Waals surface area contributed by atoms with Crippen molar-refractivity contribution in [3.8, 4) is 0 Å². The quantitative estimate of drug-likeness (QED) is 0.755. The first-order valence-corrected chi connectivity index (χ1v) is 7.78. The van der Waals surface area contributed by atoms with Gasteiger partial charge in [-0.15, -0.1) is 11.3 Å². The Bertz CT molecular complexity index is 735. The van der Waals surface area contributed by atoms with Crippen LogP contribution in [0.1, 0.15) is 18.2 Å². The molecule has 0 atom stereocenters. The van der Waals surface area contributed by atoms with Crippen LogP contribution in [0.2, 0.25) is 0 Å². The number of fused-ring (bicyclic) bond motifs is 1. The van der Waals surface area contributed by atoms with Crippen LogP contribution in [0.5, 0.6) is 0 Å². The average Bonchev–Trinajstić information content (AvgIpc) is 2.95. The lowest BCUT2D eigenvalue weighted by molar-refractivity contribution is 1.06. The maximum absolute atomic E-state index is 4.55. The molecule has 3 rings (SSSR count). The number of aromatic nitrogens is 3. The Morgan fingerprint density at radius 1 is 1.14 bits per heavy atom. The maximum atomic E-state index is 4.55. The van der Waals surface area contributed by atoms with Gasteiger partial charge in [0, 0.05) is 25.0 Å². The van der Waals surface area contributed by atoms with Crippen molar-refractivity contribution in [3.63, 3.8) is 0 Å². The van der Waals surface area contributed by atoms with Gasteiger partial charge in [-0.1, -0.05) is 6.07 Å². The lowest BCUT2D eigenvalue weighted by Gasteiger charge is -2.09. The third-order valence-electron chi connectivity index (χ3n) is 3.09. The molecule has 108 valence electrons. The van der Waals surface area contributed by atoms with E-state index in [0.29, 0.717) is 12.5 Å². The fourth-order valence-corrected chi connectivity index (χ4v) is 2.78. The predicted octanol–water partition coefficient (Wildman–Crippen LogP) is 3.44. The van der Waals surface area contributed by atoms with Crippen molar-refractivity contribution < 1.29 is 0 Å². The second-order valence-electron chi connectivity index (χ2n) is 4.73. The van der Waals surface area contributed by atoms with Crippen molar-refractivity contribution in [2.75, 3.05) is 17.2 Å². The van der Waals surface area contributed by atoms with Crippen molar-refractivity contribution in [1.82, 2.24) is 15.0 Å². The van der Waals surface area contributed by atoms with Crippen LogP contribution in [0.3, 0.4) is 0 Å². The molecule has 0 spiro atoms. The molecule has 2 N–H and O–H groups in total. The van der Waals surface area contributed by atoms with E-state index in [0.717, 1.165) is 33.8 Å². The normalized spacial score (nSPS) is 10.8. The molecule has 21 heavy (non-hydrogen) atoms. The highest BCUT2D eigenvalue weighted by Crippen LogP contribution is 2.26. The third kappa shape index (κ3) is 3.11. The van der Waals surface area contributed by atoms with E-state index < -0.39 is 0 Å². The Kier molecular flexibility index (Phi) is 3.96. The maximum Gasteiger partial charge on any atom is 0.226 e. The summed E-state index contributed by atoms with van der Waals surface area (Å²) >= 11 is 1.62. The van der Waals surface area contributed by atoms with Crippen LogP contribution in [0.15, 0.2) is 29.8 Å². The summed E-state index contributed by atoms with van der Waals surface area (Å²) in [5.74, 6) is 1.52. The second kappa shape index (κ2) is 6.05. The zero-order valence-electron chi connectivity index (χ0n) is 12.1. The molecule has 0 amide bonds. The van der Waals surface area contributed by atoms with Gasteiger partial charge in [0.05, 0.1) is 5.39 Å². The summed E-state index contributed by atoms with van der Waals surface area (Å²) in [5.41, 5.74) is 2.16. The minimum absolute atomic E-state index is 0.664. The molecule has 0 bridgehead atoms. The molecule has 6 heteroatoms. The monoisotopic (exact) mass is 299 g/mol. The fraction of sp³-hybridized carbons (Fsp3) is 0.267. The van der Waals surface area contributed by atoms with Gasteiger partial charge < -0.3 is 10.6 Å². The first kappa shape index (κ1) is 13.8. The van der Waals surface area contributed by atoms with Crippen LogP contribution in [0.25, 0.3) is 10.2 Å². The summed E-state index contributed by atoms with van der Waals surface area (Å²) in [6.45, 7) is 5.52. The number of nitrogens with one attached hydrogen (secondary N) is 2. The zero-order chi connectivity index (χ0) is 14.7. The van der Waals surface area contributed by atoms with Gasteiger partial charge in [-0.25, -0.2) is 4.98 Å². The van der Waals surface area contributed by atoms with E-state index in [2.05, 4.69) is 31.7 Å². The van der Waals surface area contributed by atoms with Gasteiger partial charge in [0.1, 0.15) is 10.6 Å². The molecule has 3 aromatic heterocycles. The highest BCUT2D eigenvalue weighted by atomic mass is 32.1. The molecule has 3 aromatic rings. The van der Waals surface area contributed by atoms with E-state index >= 15 is 0 Å². The molecule has 0 aliphatic heterocycles. The topological polar surface area (TPSA) is 62.7 Å². The number of aryl methyl sites for hydroxylation is 1. The summed E-state index contributed by atoms with van der Waals surface area (Å²) in [6, 6.07) is 6.14. The highest BCUT2D eigenvalue weighted by Gasteiger charge is 2.08. The first-order chi connectivity index (χ1) is 10.3. The molecule has 0 fully saturated rings. The van der Waals surface area contributed by atoms with Crippen LogP contribution in [0.4, 0.5) is 11.8 Å². The Morgan fingerprint density at radius 3 is 2.81 bits per heavy atom. The molecular weight excluding hydrogens is 282 g/mol. The van der Waals surface area contributed by atoms with E-state index in [-0.39, 0.29) is 0 Å². The Balaban J connectivity index is 1.84. The van der Waals surface area contributed by atoms with E-state index in [4.69, 9.17) is 0 Å². The molecule has 0 aliphatic rings. The van der Waals surface area contributed by atoms with Gasteiger partial charge in [-0.3, -0.25) is 4.98 Å². The summed E-state index contributed by atoms with van der Waals surface area (Å²) in [5, 5.41) is 9.64. The number of pyridine rings is 1. The number of nitrogens with zero attached hydrogens (tertiary/aromatic N) is 3. The number of hydrogen-bond acceptors (Lipinski definition) is 6. The van der Waals surface area contributed by atoms with E-state index in [1.54, 1.807) is 11.3 Å². The Labute approximate surface area is 127 Å². The van der Waals surface area contributed by atoms with Gasteiger partial charge in [-0.05, 0) is 36.9 Å². The molecule has 5 nitrogen and oxygen atoms in total. The smallest absolute Gasteiger partial charge is 0.226 e. The highest BCUT2D eigenvalue weighted by molar-refractivity contribution is 7.16. The average molecular weight is 299 g/mol. The molecule has 0 aromatic carbocycles. The van der Waals surface area contributed by atoms with Crippen LogP contribution < -0.4 is 10.6 Å². The SMILES string of the molecule is CCNc1nc(NCc2ccc(C)nc2)c2ccsc2n1. The molecular formula is C15H17N5S. The molecule has 0 aliphatic carbocycles. The van der Waals surface area contributed by atoms with Crippen LogP contribution in [0, 0.1) is 6.92 Å². The minimum Gasteiger partial charge on any atom is -0.365 e. The number of thiophene rings is 1. The lowest BCUT2D eigenvalue weighted by Crippen LogP contribution is -2.07. The summed E-state index contributed by atoms with van der Waals surface area (Å²) in [4.78, 5) is 14.3. The van der Waals surface area contributed by atoms with Crippen molar-refractivity contribution >= 4 is 33.3 Å². The lowest BCUT2D eigenvalue weighted by atomic mass is 10.2. The predicted molar refractivity (Wildman–Crippen MR) is 87.9 cm³/mol. The molecule has 0 radical (unpaired) electrons. The van der Waals surface area contributed by atoms with Gasteiger partial charge in [-0.2, -0.15) is 4.98 Å².